The molecule has 0 bridgehead atoms. The Morgan fingerprint density at radius 1 is 1.53 bits per heavy atom. The second kappa shape index (κ2) is 6.02. The number of amides is 2. The molecule has 1 unspecified atom stereocenters. The van der Waals surface area contributed by atoms with Crippen molar-refractivity contribution in [1.82, 2.24) is 10.6 Å². The van der Waals surface area contributed by atoms with Crippen LogP contribution in [-0.4, -0.2) is 24.4 Å². The molecule has 1 aliphatic heterocycles. The maximum atomic E-state index is 12.9. The molecule has 4 nitrogen and oxygen atoms in total. The van der Waals surface area contributed by atoms with E-state index < -0.39 is 11.9 Å². The summed E-state index contributed by atoms with van der Waals surface area (Å²) < 4.78 is 12.9. The number of carbonyl (C=O) groups is 2. The highest BCUT2D eigenvalue weighted by Crippen LogP contribution is 2.16. The maximum absolute atomic E-state index is 12.9. The number of hydrogen-bond acceptors (Lipinski definition) is 2. The van der Waals surface area contributed by atoms with Gasteiger partial charge < -0.3 is 10.6 Å². The number of benzene rings is 1. The standard InChI is InChI=1S/C13H14ClFN2O2/c14-9-7-8(1-2-10(9)15)5-6-16-13(19)11-3-4-12(18)17-11/h1-2,7,11H,3-6H2,(H,16,19)(H,17,18). The smallest absolute Gasteiger partial charge is 0.242 e. The third-order valence-corrected chi connectivity index (χ3v) is 3.30. The van der Waals surface area contributed by atoms with E-state index in [2.05, 4.69) is 10.6 Å². The van der Waals surface area contributed by atoms with E-state index in [1.54, 1.807) is 12.1 Å². The molecule has 102 valence electrons. The van der Waals surface area contributed by atoms with E-state index in [0.717, 1.165) is 5.56 Å². The van der Waals surface area contributed by atoms with E-state index in [0.29, 0.717) is 25.8 Å². The summed E-state index contributed by atoms with van der Waals surface area (Å²) in [4.78, 5) is 22.7. The third kappa shape index (κ3) is 3.67. The lowest BCUT2D eigenvalue weighted by Gasteiger charge is -2.10. The minimum atomic E-state index is -0.455. The van der Waals surface area contributed by atoms with Gasteiger partial charge >= 0.3 is 0 Å². The van der Waals surface area contributed by atoms with Gasteiger partial charge in [-0.25, -0.2) is 4.39 Å². The van der Waals surface area contributed by atoms with E-state index in [9.17, 15) is 14.0 Å². The molecule has 0 spiro atoms. The van der Waals surface area contributed by atoms with Gasteiger partial charge in [0.1, 0.15) is 11.9 Å². The Morgan fingerprint density at radius 2 is 2.32 bits per heavy atom. The van der Waals surface area contributed by atoms with Gasteiger partial charge in [-0.05, 0) is 30.5 Å². The molecule has 0 aliphatic carbocycles. The zero-order valence-corrected chi connectivity index (χ0v) is 11.0. The number of nitrogens with one attached hydrogen (secondary N) is 2. The third-order valence-electron chi connectivity index (χ3n) is 3.01. The Kier molecular flexibility index (Phi) is 4.37. The lowest BCUT2D eigenvalue weighted by Crippen LogP contribution is -2.42. The molecule has 1 aliphatic rings. The first-order chi connectivity index (χ1) is 9.06. The van der Waals surface area contributed by atoms with Gasteiger partial charge in [-0.3, -0.25) is 9.59 Å². The van der Waals surface area contributed by atoms with Gasteiger partial charge in [0, 0.05) is 13.0 Å². The van der Waals surface area contributed by atoms with Crippen LogP contribution in [0.15, 0.2) is 18.2 Å². The monoisotopic (exact) mass is 284 g/mol. The Balaban J connectivity index is 1.78. The second-order valence-corrected chi connectivity index (χ2v) is 4.86. The average molecular weight is 285 g/mol. The van der Waals surface area contributed by atoms with Crippen LogP contribution in [0.3, 0.4) is 0 Å². The van der Waals surface area contributed by atoms with Crippen molar-refractivity contribution >= 4 is 23.4 Å². The quantitative estimate of drug-likeness (QED) is 0.878. The molecule has 1 atom stereocenters. The highest BCUT2D eigenvalue weighted by molar-refractivity contribution is 6.30. The van der Waals surface area contributed by atoms with Gasteiger partial charge in [0.05, 0.1) is 5.02 Å². The predicted molar refractivity (Wildman–Crippen MR) is 69.3 cm³/mol. The first-order valence-electron chi connectivity index (χ1n) is 6.07. The van der Waals surface area contributed by atoms with Crippen LogP contribution in [-0.2, 0) is 16.0 Å². The summed E-state index contributed by atoms with van der Waals surface area (Å²) >= 11 is 5.67. The lowest BCUT2D eigenvalue weighted by atomic mass is 10.1. The Hall–Kier alpha value is -1.62. The van der Waals surface area contributed by atoms with Crippen LogP contribution in [0, 0.1) is 5.82 Å². The fraction of sp³-hybridized carbons (Fsp3) is 0.385. The number of carbonyl (C=O) groups excluding carboxylic acids is 2. The van der Waals surface area contributed by atoms with Crippen LogP contribution in [0.25, 0.3) is 0 Å². The molecule has 1 aromatic carbocycles. The van der Waals surface area contributed by atoms with Crippen LogP contribution in [0.2, 0.25) is 5.02 Å². The summed E-state index contributed by atoms with van der Waals surface area (Å²) in [6.07, 6.45) is 1.49. The number of rotatable bonds is 4. The number of hydrogen-bond donors (Lipinski definition) is 2. The Bertz CT molecular complexity index is 507. The van der Waals surface area contributed by atoms with Gasteiger partial charge in [0.25, 0.3) is 0 Å². The molecular weight excluding hydrogens is 271 g/mol. The molecule has 1 heterocycles. The Morgan fingerprint density at radius 3 is 2.95 bits per heavy atom. The summed E-state index contributed by atoms with van der Waals surface area (Å²) in [5.41, 5.74) is 0.849. The molecule has 1 fully saturated rings. The molecule has 0 radical (unpaired) electrons. The first kappa shape index (κ1) is 13.8. The van der Waals surface area contributed by atoms with Crippen molar-refractivity contribution in [2.24, 2.45) is 0 Å². The highest BCUT2D eigenvalue weighted by Gasteiger charge is 2.26. The summed E-state index contributed by atoms with van der Waals surface area (Å²) in [7, 11) is 0. The fourth-order valence-corrected chi connectivity index (χ4v) is 2.16. The van der Waals surface area contributed by atoms with Gasteiger partial charge in [0.2, 0.25) is 11.8 Å². The van der Waals surface area contributed by atoms with Gasteiger partial charge in [-0.1, -0.05) is 17.7 Å². The molecule has 1 aromatic rings. The van der Waals surface area contributed by atoms with Gasteiger partial charge in [-0.2, -0.15) is 0 Å². The van der Waals surface area contributed by atoms with Crippen LogP contribution in [0.4, 0.5) is 4.39 Å². The summed E-state index contributed by atoms with van der Waals surface area (Å²) in [5.74, 6) is -0.729. The van der Waals surface area contributed by atoms with Gasteiger partial charge in [0.15, 0.2) is 0 Å². The van der Waals surface area contributed by atoms with Crippen molar-refractivity contribution in [1.29, 1.82) is 0 Å². The normalized spacial score (nSPS) is 18.2. The minimum absolute atomic E-state index is 0.0758. The van der Waals surface area contributed by atoms with E-state index in [-0.39, 0.29) is 16.8 Å². The molecule has 2 rings (SSSR count). The van der Waals surface area contributed by atoms with Crippen LogP contribution in [0.5, 0.6) is 0 Å². The van der Waals surface area contributed by atoms with Crippen LogP contribution >= 0.6 is 11.6 Å². The van der Waals surface area contributed by atoms with Crippen molar-refractivity contribution < 1.29 is 14.0 Å². The van der Waals surface area contributed by atoms with E-state index in [1.807, 2.05) is 0 Å². The minimum Gasteiger partial charge on any atom is -0.354 e. The molecule has 0 saturated carbocycles. The van der Waals surface area contributed by atoms with Gasteiger partial charge in [-0.15, -0.1) is 0 Å². The van der Waals surface area contributed by atoms with Crippen LogP contribution in [0.1, 0.15) is 18.4 Å². The summed E-state index contributed by atoms with van der Waals surface area (Å²) in [6, 6.07) is 4.05. The largest absolute Gasteiger partial charge is 0.354 e. The van der Waals surface area contributed by atoms with Crippen molar-refractivity contribution in [3.8, 4) is 0 Å². The zero-order chi connectivity index (χ0) is 13.8. The average Bonchev–Trinajstić information content (AvgIpc) is 2.80. The van der Waals surface area contributed by atoms with E-state index >= 15 is 0 Å². The predicted octanol–water partition coefficient (Wildman–Crippen LogP) is 1.42. The van der Waals surface area contributed by atoms with Crippen molar-refractivity contribution in [3.05, 3.63) is 34.6 Å². The second-order valence-electron chi connectivity index (χ2n) is 4.45. The Labute approximate surface area is 115 Å². The molecule has 0 aromatic heterocycles. The topological polar surface area (TPSA) is 58.2 Å². The van der Waals surface area contributed by atoms with E-state index in [4.69, 9.17) is 11.6 Å². The van der Waals surface area contributed by atoms with Crippen molar-refractivity contribution in [3.63, 3.8) is 0 Å². The maximum Gasteiger partial charge on any atom is 0.242 e. The number of halogens is 2. The molecule has 2 N–H and O–H groups in total. The molecular formula is C13H14ClFN2O2. The van der Waals surface area contributed by atoms with E-state index in [1.165, 1.54) is 6.07 Å². The van der Waals surface area contributed by atoms with Crippen molar-refractivity contribution in [2.75, 3.05) is 6.54 Å². The molecule has 19 heavy (non-hydrogen) atoms. The SMILES string of the molecule is O=C1CCC(C(=O)NCCc2ccc(F)c(Cl)c2)N1. The van der Waals surface area contributed by atoms with Crippen LogP contribution < -0.4 is 10.6 Å². The highest BCUT2D eigenvalue weighted by atomic mass is 35.5. The summed E-state index contributed by atoms with van der Waals surface area (Å²) in [6.45, 7) is 0.424. The molecule has 1 saturated heterocycles. The fourth-order valence-electron chi connectivity index (χ4n) is 1.96. The zero-order valence-electron chi connectivity index (χ0n) is 10.2. The molecule has 2 amide bonds. The summed E-state index contributed by atoms with van der Waals surface area (Å²) in [5, 5.41) is 5.41. The van der Waals surface area contributed by atoms with Crippen molar-refractivity contribution in [2.45, 2.75) is 25.3 Å². The molecule has 6 heteroatoms. The lowest BCUT2D eigenvalue weighted by molar-refractivity contribution is -0.125. The first-order valence-corrected chi connectivity index (χ1v) is 6.45.